The number of hydrogen-bond acceptors (Lipinski definition) is 6. The number of nitrogens with zero attached hydrogens (tertiary/aromatic N) is 2. The van der Waals surface area contributed by atoms with Crippen molar-refractivity contribution < 1.29 is 27.5 Å². The Kier molecular flexibility index (Phi) is 11.2. The second kappa shape index (κ2) is 15.3. The Balaban J connectivity index is 1.69. The van der Waals surface area contributed by atoms with Crippen molar-refractivity contribution in [2.75, 3.05) is 18.0 Å². The Morgan fingerprint density at radius 1 is 0.800 bits per heavy atom. The van der Waals surface area contributed by atoms with E-state index in [9.17, 15) is 18.0 Å². The number of nitrogens with one attached hydrogen (secondary N) is 1. The third-order valence-corrected chi connectivity index (χ3v) is 9.16. The summed E-state index contributed by atoms with van der Waals surface area (Å²) in [7, 11) is -2.63. The van der Waals surface area contributed by atoms with Gasteiger partial charge < -0.3 is 19.7 Å². The van der Waals surface area contributed by atoms with Crippen LogP contribution >= 0.6 is 0 Å². The lowest BCUT2D eigenvalue weighted by Gasteiger charge is -2.32. The van der Waals surface area contributed by atoms with E-state index in [1.165, 1.54) is 17.0 Å². The number of methoxy groups -OCH3 is 1. The molecular weight excluding hydrogens is 590 g/mol. The first kappa shape index (κ1) is 33.1. The van der Waals surface area contributed by atoms with Gasteiger partial charge in [0.25, 0.3) is 10.0 Å². The van der Waals surface area contributed by atoms with Gasteiger partial charge >= 0.3 is 0 Å². The molecule has 4 aromatic rings. The molecule has 0 saturated carbocycles. The van der Waals surface area contributed by atoms with Crippen LogP contribution in [0.5, 0.6) is 17.2 Å². The number of carbonyl (C=O) groups is 2. The summed E-state index contributed by atoms with van der Waals surface area (Å²) >= 11 is 0. The summed E-state index contributed by atoms with van der Waals surface area (Å²) in [6.45, 7) is 5.01. The van der Waals surface area contributed by atoms with Crippen LogP contribution in [-0.2, 0) is 26.2 Å². The van der Waals surface area contributed by atoms with E-state index in [1.807, 2.05) is 50.2 Å². The summed E-state index contributed by atoms with van der Waals surface area (Å²) < 4.78 is 40.4. The van der Waals surface area contributed by atoms with Gasteiger partial charge in [-0.15, -0.1) is 0 Å². The number of amides is 2. The van der Waals surface area contributed by atoms with Crippen LogP contribution in [0.2, 0.25) is 0 Å². The van der Waals surface area contributed by atoms with Crippen molar-refractivity contribution in [2.45, 2.75) is 50.7 Å². The Hall–Kier alpha value is -4.83. The van der Waals surface area contributed by atoms with Gasteiger partial charge in [-0.25, -0.2) is 8.42 Å². The van der Waals surface area contributed by atoms with Crippen molar-refractivity contribution in [2.24, 2.45) is 0 Å². The highest BCUT2D eigenvalue weighted by Crippen LogP contribution is 2.28. The fourth-order valence-corrected chi connectivity index (χ4v) is 6.00. The fraction of sp³-hybridized carbons (Fsp3) is 0.257. The summed E-state index contributed by atoms with van der Waals surface area (Å²) in [6, 6.07) is 29.8. The number of benzene rings is 4. The van der Waals surface area contributed by atoms with Crippen LogP contribution in [0.3, 0.4) is 0 Å². The molecule has 0 aliphatic heterocycles. The van der Waals surface area contributed by atoms with Crippen molar-refractivity contribution in [1.82, 2.24) is 10.2 Å². The van der Waals surface area contributed by atoms with Crippen LogP contribution in [0.1, 0.15) is 32.8 Å². The number of ether oxygens (including phenoxy) is 2. The van der Waals surface area contributed by atoms with E-state index in [0.29, 0.717) is 17.2 Å². The van der Waals surface area contributed by atoms with Gasteiger partial charge in [0.2, 0.25) is 11.8 Å². The number of anilines is 1. The quantitative estimate of drug-likeness (QED) is 0.183. The van der Waals surface area contributed by atoms with Crippen LogP contribution in [0.4, 0.5) is 5.69 Å². The van der Waals surface area contributed by atoms with Crippen molar-refractivity contribution in [3.63, 3.8) is 0 Å². The predicted molar refractivity (Wildman–Crippen MR) is 175 cm³/mol. The zero-order valence-corrected chi connectivity index (χ0v) is 26.7. The maximum Gasteiger partial charge on any atom is 0.264 e. The lowest BCUT2D eigenvalue weighted by atomic mass is 10.1. The minimum absolute atomic E-state index is 0.0318. The molecule has 10 heteroatoms. The predicted octanol–water partition coefficient (Wildman–Crippen LogP) is 6.01. The molecule has 4 rings (SSSR count). The van der Waals surface area contributed by atoms with Crippen molar-refractivity contribution in [1.29, 1.82) is 0 Å². The van der Waals surface area contributed by atoms with E-state index in [4.69, 9.17) is 9.47 Å². The highest BCUT2D eigenvalue weighted by Gasteiger charge is 2.32. The summed E-state index contributed by atoms with van der Waals surface area (Å²) in [5, 5.41) is 2.94. The molecule has 2 atom stereocenters. The number of para-hydroxylation sites is 1. The lowest BCUT2D eigenvalue weighted by Crippen LogP contribution is -2.52. The normalized spacial score (nSPS) is 12.4. The maximum atomic E-state index is 14.2. The second-order valence-electron chi connectivity index (χ2n) is 10.6. The molecule has 0 aliphatic rings. The molecule has 0 saturated heterocycles. The highest BCUT2D eigenvalue weighted by atomic mass is 32.2. The minimum atomic E-state index is -4.18. The SMILES string of the molecule is CC[C@H](C)NC(=O)[C@H](C)N(Cc1cccc(OC)c1)C(=O)CN(c1ccc(Oc2ccccc2)cc1)S(=O)(=O)c1ccccc1. The van der Waals surface area contributed by atoms with Gasteiger partial charge in [0.1, 0.15) is 29.8 Å². The summed E-state index contributed by atoms with van der Waals surface area (Å²) in [5.74, 6) is 0.854. The lowest BCUT2D eigenvalue weighted by molar-refractivity contribution is -0.139. The smallest absolute Gasteiger partial charge is 0.264 e. The van der Waals surface area contributed by atoms with Crippen molar-refractivity contribution >= 4 is 27.5 Å². The molecule has 2 amide bonds. The molecule has 0 fully saturated rings. The van der Waals surface area contributed by atoms with Gasteiger partial charge in [-0.05, 0) is 86.5 Å². The zero-order chi connectivity index (χ0) is 32.4. The maximum absolute atomic E-state index is 14.2. The van der Waals surface area contributed by atoms with Crippen molar-refractivity contribution in [3.8, 4) is 17.2 Å². The van der Waals surface area contributed by atoms with Gasteiger partial charge in [-0.3, -0.25) is 13.9 Å². The van der Waals surface area contributed by atoms with Crippen LogP contribution in [0.15, 0.2) is 114 Å². The first-order valence-corrected chi connectivity index (χ1v) is 16.2. The Bertz CT molecular complexity index is 1660. The van der Waals surface area contributed by atoms with E-state index < -0.39 is 28.5 Å². The summed E-state index contributed by atoms with van der Waals surface area (Å²) in [4.78, 5) is 28.8. The van der Waals surface area contributed by atoms with Crippen molar-refractivity contribution in [3.05, 3.63) is 115 Å². The van der Waals surface area contributed by atoms with Gasteiger partial charge in [-0.2, -0.15) is 0 Å². The average Bonchev–Trinajstić information content (AvgIpc) is 3.07. The minimum Gasteiger partial charge on any atom is -0.497 e. The molecule has 236 valence electrons. The number of hydrogen-bond donors (Lipinski definition) is 1. The standard InChI is InChI=1S/C35H39N3O6S/c1-5-26(2)36-35(40)27(3)37(24-28-13-12-16-32(23-28)43-4)34(39)25-38(45(41,42)33-17-10-7-11-18-33)29-19-21-31(22-20-29)44-30-14-8-6-9-15-30/h6-23,26-27H,5,24-25H2,1-4H3,(H,36,40)/t26-,27-/m0/s1. The molecule has 0 radical (unpaired) electrons. The first-order chi connectivity index (χ1) is 21.6. The van der Waals surface area contributed by atoms with E-state index in [0.717, 1.165) is 16.3 Å². The van der Waals surface area contributed by atoms with Crippen LogP contribution in [0, 0.1) is 0 Å². The molecule has 0 heterocycles. The van der Waals surface area contributed by atoms with Crippen LogP contribution in [-0.4, -0.2) is 50.9 Å². The first-order valence-electron chi connectivity index (χ1n) is 14.8. The number of carbonyl (C=O) groups excluding carboxylic acids is 2. The van der Waals surface area contributed by atoms with Gasteiger partial charge in [0.05, 0.1) is 17.7 Å². The van der Waals surface area contributed by atoms with E-state index in [-0.39, 0.29) is 29.1 Å². The molecule has 45 heavy (non-hydrogen) atoms. The van der Waals surface area contributed by atoms with Gasteiger partial charge in [0.15, 0.2) is 0 Å². The molecule has 0 aromatic heterocycles. The Labute approximate surface area is 265 Å². The molecule has 0 spiro atoms. The largest absolute Gasteiger partial charge is 0.497 e. The molecule has 1 N–H and O–H groups in total. The molecular formula is C35H39N3O6S. The van der Waals surface area contributed by atoms with E-state index in [1.54, 1.807) is 74.7 Å². The number of sulfonamides is 1. The topological polar surface area (TPSA) is 105 Å². The molecule has 4 aromatic carbocycles. The van der Waals surface area contributed by atoms with E-state index in [2.05, 4.69) is 5.32 Å². The zero-order valence-electron chi connectivity index (χ0n) is 25.9. The molecule has 0 unspecified atom stereocenters. The summed E-state index contributed by atoms with van der Waals surface area (Å²) in [6.07, 6.45) is 0.718. The van der Waals surface area contributed by atoms with Crippen LogP contribution < -0.4 is 19.1 Å². The molecule has 0 aliphatic carbocycles. The van der Waals surface area contributed by atoms with Crippen LogP contribution in [0.25, 0.3) is 0 Å². The Morgan fingerprint density at radius 3 is 2.02 bits per heavy atom. The Morgan fingerprint density at radius 2 is 1.40 bits per heavy atom. The molecule has 0 bridgehead atoms. The third kappa shape index (κ3) is 8.63. The average molecular weight is 630 g/mol. The fourth-order valence-electron chi connectivity index (χ4n) is 4.57. The summed E-state index contributed by atoms with van der Waals surface area (Å²) in [5.41, 5.74) is 0.997. The monoisotopic (exact) mass is 629 g/mol. The van der Waals surface area contributed by atoms with Gasteiger partial charge in [0, 0.05) is 12.6 Å². The second-order valence-corrected chi connectivity index (χ2v) is 12.5. The van der Waals surface area contributed by atoms with E-state index >= 15 is 0 Å². The highest BCUT2D eigenvalue weighted by molar-refractivity contribution is 7.92. The third-order valence-electron chi connectivity index (χ3n) is 7.37. The molecule has 9 nitrogen and oxygen atoms in total. The van der Waals surface area contributed by atoms with Gasteiger partial charge in [-0.1, -0.05) is 55.5 Å². The number of rotatable bonds is 14.